The van der Waals surface area contributed by atoms with Crippen molar-refractivity contribution in [3.05, 3.63) is 51.0 Å². The molecule has 5 heteroatoms. The molecule has 0 aliphatic rings. The minimum Gasteiger partial charge on any atom is -0.321 e. The molecule has 2 rings (SSSR count). The summed E-state index contributed by atoms with van der Waals surface area (Å²) in [5, 5.41) is 2.68. The van der Waals surface area contributed by atoms with E-state index in [1.165, 1.54) is 17.4 Å². The molecule has 1 aromatic heterocycles. The van der Waals surface area contributed by atoms with Crippen LogP contribution in [0.15, 0.2) is 24.3 Å². The number of nitrogens with two attached hydrogens (primary N) is 1. The number of hydrogen-bond donors (Lipinski definition) is 2. The van der Waals surface area contributed by atoms with Gasteiger partial charge in [-0.15, -0.1) is 11.3 Å². The summed E-state index contributed by atoms with van der Waals surface area (Å²) in [7, 11) is 0. The van der Waals surface area contributed by atoms with Gasteiger partial charge in [0.2, 0.25) is 0 Å². The average molecular weight is 302 g/mol. The molecule has 0 saturated carbocycles. The lowest BCUT2D eigenvalue weighted by atomic mass is 10.2. The van der Waals surface area contributed by atoms with Crippen LogP contribution in [0.4, 0.5) is 10.1 Å². The van der Waals surface area contributed by atoms with Crippen molar-refractivity contribution in [3.63, 3.8) is 0 Å². The monoisotopic (exact) mass is 302 g/mol. The van der Waals surface area contributed by atoms with Crippen LogP contribution in [0.25, 0.3) is 0 Å². The molecule has 0 saturated heterocycles. The van der Waals surface area contributed by atoms with E-state index < -0.39 is 0 Å². The Morgan fingerprint density at radius 1 is 1.33 bits per heavy atom. The summed E-state index contributed by atoms with van der Waals surface area (Å²) in [6.45, 7) is 3.84. The van der Waals surface area contributed by atoms with Gasteiger partial charge in [-0.25, -0.2) is 4.39 Å². The Bertz CT molecular complexity index is 740. The van der Waals surface area contributed by atoms with Crippen LogP contribution in [0.1, 0.15) is 25.7 Å². The third kappa shape index (κ3) is 3.69. The zero-order valence-corrected chi connectivity index (χ0v) is 12.6. The quantitative estimate of drug-likeness (QED) is 0.838. The van der Waals surface area contributed by atoms with Crippen LogP contribution in [-0.2, 0) is 0 Å². The molecule has 1 amide bonds. The molecule has 1 heterocycles. The van der Waals surface area contributed by atoms with E-state index in [1.54, 1.807) is 25.1 Å². The van der Waals surface area contributed by atoms with Crippen molar-refractivity contribution < 1.29 is 9.18 Å². The van der Waals surface area contributed by atoms with E-state index in [1.807, 2.05) is 6.92 Å². The first-order chi connectivity index (χ1) is 10.0. The van der Waals surface area contributed by atoms with E-state index in [4.69, 9.17) is 5.73 Å². The normalized spacial score (nSPS) is 9.90. The molecule has 0 spiro atoms. The van der Waals surface area contributed by atoms with Gasteiger partial charge in [-0.05, 0) is 43.2 Å². The molecule has 3 nitrogen and oxygen atoms in total. The standard InChI is InChI=1S/C16H15FN2OS/c1-10-5-6-12(9-13(10)17)19-16(20)15-8-11(2)14(21-15)4-3-7-18/h5-6,8-9H,7,18H2,1-2H3,(H,19,20). The SMILES string of the molecule is Cc1ccc(NC(=O)c2cc(C)c(C#CCN)s2)cc1F. The van der Waals surface area contributed by atoms with Crippen LogP contribution in [0.3, 0.4) is 0 Å². The highest BCUT2D eigenvalue weighted by Gasteiger charge is 2.12. The molecule has 0 unspecified atom stereocenters. The Balaban J connectivity index is 2.18. The van der Waals surface area contributed by atoms with Gasteiger partial charge in [-0.3, -0.25) is 4.79 Å². The summed E-state index contributed by atoms with van der Waals surface area (Å²) >= 11 is 1.30. The predicted octanol–water partition coefficient (Wildman–Crippen LogP) is 3.07. The van der Waals surface area contributed by atoms with E-state index in [0.717, 1.165) is 10.4 Å². The number of anilines is 1. The Labute approximate surface area is 127 Å². The van der Waals surface area contributed by atoms with E-state index in [-0.39, 0.29) is 18.3 Å². The number of carbonyl (C=O) groups excluding carboxylic acids is 1. The van der Waals surface area contributed by atoms with Gasteiger partial charge in [-0.2, -0.15) is 0 Å². The topological polar surface area (TPSA) is 55.1 Å². The van der Waals surface area contributed by atoms with E-state index in [9.17, 15) is 9.18 Å². The maximum absolute atomic E-state index is 13.5. The largest absolute Gasteiger partial charge is 0.321 e. The molecule has 0 bridgehead atoms. The van der Waals surface area contributed by atoms with Crippen molar-refractivity contribution >= 4 is 22.9 Å². The molecule has 21 heavy (non-hydrogen) atoms. The smallest absolute Gasteiger partial charge is 0.265 e. The minimum atomic E-state index is -0.343. The number of hydrogen-bond acceptors (Lipinski definition) is 3. The predicted molar refractivity (Wildman–Crippen MR) is 84.1 cm³/mol. The van der Waals surface area contributed by atoms with Crippen LogP contribution in [0.2, 0.25) is 0 Å². The summed E-state index contributed by atoms with van der Waals surface area (Å²) < 4.78 is 13.5. The van der Waals surface area contributed by atoms with Gasteiger partial charge < -0.3 is 11.1 Å². The molecule has 0 atom stereocenters. The van der Waals surface area contributed by atoms with Gasteiger partial charge in [0.15, 0.2) is 0 Å². The fraction of sp³-hybridized carbons (Fsp3) is 0.188. The number of nitrogens with one attached hydrogen (secondary N) is 1. The van der Waals surface area contributed by atoms with Crippen molar-refractivity contribution in [3.8, 4) is 11.8 Å². The average Bonchev–Trinajstić information content (AvgIpc) is 2.82. The minimum absolute atomic E-state index is 0.271. The van der Waals surface area contributed by atoms with Gasteiger partial charge in [-0.1, -0.05) is 17.9 Å². The Kier molecular flexibility index (Phi) is 4.73. The molecule has 3 N–H and O–H groups in total. The lowest BCUT2D eigenvalue weighted by Crippen LogP contribution is -2.10. The second-order valence-corrected chi connectivity index (χ2v) is 5.60. The lowest BCUT2D eigenvalue weighted by Gasteiger charge is -2.04. The second kappa shape index (κ2) is 6.53. The number of aryl methyl sites for hydroxylation is 2. The first-order valence-corrected chi connectivity index (χ1v) is 7.20. The van der Waals surface area contributed by atoms with Gasteiger partial charge in [0, 0.05) is 5.69 Å². The third-order valence-corrected chi connectivity index (χ3v) is 4.03. The van der Waals surface area contributed by atoms with Gasteiger partial charge in [0.1, 0.15) is 5.82 Å². The Hall–Kier alpha value is -2.16. The highest BCUT2D eigenvalue weighted by molar-refractivity contribution is 7.14. The highest BCUT2D eigenvalue weighted by atomic mass is 32.1. The summed E-state index contributed by atoms with van der Waals surface area (Å²) in [5.41, 5.74) is 7.24. The Morgan fingerprint density at radius 2 is 2.10 bits per heavy atom. The van der Waals surface area contributed by atoms with E-state index in [2.05, 4.69) is 17.2 Å². The van der Waals surface area contributed by atoms with Gasteiger partial charge in [0.25, 0.3) is 5.91 Å². The van der Waals surface area contributed by atoms with Crippen LogP contribution in [0.5, 0.6) is 0 Å². The fourth-order valence-electron chi connectivity index (χ4n) is 1.71. The number of halogens is 1. The van der Waals surface area contributed by atoms with Crippen LogP contribution in [-0.4, -0.2) is 12.5 Å². The van der Waals surface area contributed by atoms with E-state index >= 15 is 0 Å². The summed E-state index contributed by atoms with van der Waals surface area (Å²) in [4.78, 5) is 13.5. The van der Waals surface area contributed by atoms with Crippen LogP contribution in [0, 0.1) is 31.5 Å². The highest BCUT2D eigenvalue weighted by Crippen LogP contribution is 2.22. The first-order valence-electron chi connectivity index (χ1n) is 6.38. The van der Waals surface area contributed by atoms with Crippen molar-refractivity contribution in [1.29, 1.82) is 0 Å². The number of amides is 1. The van der Waals surface area contributed by atoms with E-state index in [0.29, 0.717) is 16.1 Å². The molecule has 0 fully saturated rings. The zero-order valence-electron chi connectivity index (χ0n) is 11.8. The number of thiophene rings is 1. The van der Waals surface area contributed by atoms with Gasteiger partial charge >= 0.3 is 0 Å². The van der Waals surface area contributed by atoms with Crippen molar-refractivity contribution in [2.24, 2.45) is 5.73 Å². The Morgan fingerprint density at radius 3 is 2.76 bits per heavy atom. The van der Waals surface area contributed by atoms with Crippen molar-refractivity contribution in [2.45, 2.75) is 13.8 Å². The maximum atomic E-state index is 13.5. The number of rotatable bonds is 2. The van der Waals surface area contributed by atoms with Gasteiger partial charge in [0.05, 0.1) is 16.3 Å². The lowest BCUT2D eigenvalue weighted by molar-refractivity contribution is 0.103. The molecule has 0 aliphatic heterocycles. The zero-order chi connectivity index (χ0) is 15.4. The molecule has 0 aliphatic carbocycles. The van der Waals surface area contributed by atoms with Crippen molar-refractivity contribution in [2.75, 3.05) is 11.9 Å². The first kappa shape index (κ1) is 15.2. The fourth-order valence-corrected chi connectivity index (χ4v) is 2.66. The molecule has 2 aromatic rings. The summed E-state index contributed by atoms with van der Waals surface area (Å²) in [5.74, 6) is 5.09. The van der Waals surface area contributed by atoms with Crippen LogP contribution < -0.4 is 11.1 Å². The summed E-state index contributed by atoms with van der Waals surface area (Å²) in [6, 6.07) is 6.38. The summed E-state index contributed by atoms with van der Waals surface area (Å²) in [6.07, 6.45) is 0. The maximum Gasteiger partial charge on any atom is 0.265 e. The number of carbonyl (C=O) groups is 1. The van der Waals surface area contributed by atoms with Crippen molar-refractivity contribution in [1.82, 2.24) is 0 Å². The molecular formula is C16H15FN2OS. The molecule has 0 radical (unpaired) electrons. The number of benzene rings is 1. The van der Waals surface area contributed by atoms with Crippen LogP contribution >= 0.6 is 11.3 Å². The third-order valence-electron chi connectivity index (χ3n) is 2.88. The molecule has 108 valence electrons. The molecule has 1 aromatic carbocycles. The molecular weight excluding hydrogens is 287 g/mol. The second-order valence-electron chi connectivity index (χ2n) is 4.55.